The van der Waals surface area contributed by atoms with Crippen LogP contribution in [0.25, 0.3) is 0 Å². The molecular weight excluding hydrogens is 180 g/mol. The number of ether oxygens (including phenoxy) is 1. The van der Waals surface area contributed by atoms with Crippen molar-refractivity contribution in [3.63, 3.8) is 0 Å². The highest BCUT2D eigenvalue weighted by Crippen LogP contribution is 2.18. The molecule has 1 atom stereocenters. The zero-order valence-electron chi connectivity index (χ0n) is 9.43. The van der Waals surface area contributed by atoms with Gasteiger partial charge in [0.2, 0.25) is 5.91 Å². The van der Waals surface area contributed by atoms with Crippen molar-refractivity contribution in [1.82, 2.24) is 5.32 Å². The van der Waals surface area contributed by atoms with Crippen molar-refractivity contribution in [3.05, 3.63) is 0 Å². The molecule has 1 amide bonds. The summed E-state index contributed by atoms with van der Waals surface area (Å²) in [5.74, 6) is 0.0404. The maximum absolute atomic E-state index is 11.7. The molecule has 0 heterocycles. The van der Waals surface area contributed by atoms with Crippen LogP contribution >= 0.6 is 0 Å². The SMILES string of the molecule is CCC(C)(CN)C(=O)NCCCOC. The Hall–Kier alpha value is -0.610. The number of methoxy groups -OCH3 is 1. The number of hydrogen-bond acceptors (Lipinski definition) is 3. The molecule has 0 radical (unpaired) electrons. The molecule has 0 aromatic carbocycles. The average molecular weight is 202 g/mol. The Morgan fingerprint density at radius 3 is 2.64 bits per heavy atom. The van der Waals surface area contributed by atoms with Gasteiger partial charge in [0.15, 0.2) is 0 Å². The van der Waals surface area contributed by atoms with Gasteiger partial charge in [-0.1, -0.05) is 6.92 Å². The third-order valence-electron chi connectivity index (χ3n) is 2.59. The van der Waals surface area contributed by atoms with Crippen LogP contribution in [0.4, 0.5) is 0 Å². The van der Waals surface area contributed by atoms with Gasteiger partial charge < -0.3 is 15.8 Å². The normalized spacial score (nSPS) is 14.9. The van der Waals surface area contributed by atoms with Crippen LogP contribution in [0.2, 0.25) is 0 Å². The predicted molar refractivity (Wildman–Crippen MR) is 57.0 cm³/mol. The number of rotatable bonds is 7. The van der Waals surface area contributed by atoms with Crippen LogP contribution in [0.15, 0.2) is 0 Å². The van der Waals surface area contributed by atoms with Crippen LogP contribution in [0, 0.1) is 5.41 Å². The van der Waals surface area contributed by atoms with Crippen molar-refractivity contribution in [2.45, 2.75) is 26.7 Å². The summed E-state index contributed by atoms with van der Waals surface area (Å²) in [6.07, 6.45) is 1.60. The summed E-state index contributed by atoms with van der Waals surface area (Å²) in [6, 6.07) is 0. The summed E-state index contributed by atoms with van der Waals surface area (Å²) < 4.78 is 4.89. The van der Waals surface area contributed by atoms with Crippen LogP contribution in [0.3, 0.4) is 0 Å². The third kappa shape index (κ3) is 4.07. The van der Waals surface area contributed by atoms with Crippen LogP contribution < -0.4 is 11.1 Å². The second-order valence-electron chi connectivity index (χ2n) is 3.72. The van der Waals surface area contributed by atoms with Gasteiger partial charge in [0.1, 0.15) is 0 Å². The first-order valence-corrected chi connectivity index (χ1v) is 5.08. The number of carbonyl (C=O) groups excluding carboxylic acids is 1. The summed E-state index contributed by atoms with van der Waals surface area (Å²) in [7, 11) is 1.65. The van der Waals surface area contributed by atoms with Gasteiger partial charge >= 0.3 is 0 Å². The smallest absolute Gasteiger partial charge is 0.227 e. The molecule has 4 heteroatoms. The molecule has 0 aromatic heterocycles. The highest BCUT2D eigenvalue weighted by molar-refractivity contribution is 5.82. The zero-order valence-corrected chi connectivity index (χ0v) is 9.43. The van der Waals surface area contributed by atoms with E-state index in [4.69, 9.17) is 10.5 Å². The van der Waals surface area contributed by atoms with Gasteiger partial charge in [0.05, 0.1) is 5.41 Å². The summed E-state index contributed by atoms with van der Waals surface area (Å²) >= 11 is 0. The molecular formula is C10H22N2O2. The van der Waals surface area contributed by atoms with Crippen LogP contribution in [0.5, 0.6) is 0 Å². The van der Waals surface area contributed by atoms with E-state index in [0.29, 0.717) is 19.7 Å². The molecule has 4 nitrogen and oxygen atoms in total. The van der Waals surface area contributed by atoms with Crippen molar-refractivity contribution in [1.29, 1.82) is 0 Å². The lowest BCUT2D eigenvalue weighted by atomic mass is 9.87. The van der Waals surface area contributed by atoms with Crippen LogP contribution in [-0.2, 0) is 9.53 Å². The molecule has 1 unspecified atom stereocenters. The molecule has 0 fully saturated rings. The van der Waals surface area contributed by atoms with Gasteiger partial charge in [-0.3, -0.25) is 4.79 Å². The van der Waals surface area contributed by atoms with E-state index in [9.17, 15) is 4.79 Å². The summed E-state index contributed by atoms with van der Waals surface area (Å²) in [4.78, 5) is 11.7. The van der Waals surface area contributed by atoms with E-state index in [1.165, 1.54) is 0 Å². The molecule has 0 aliphatic heterocycles. The fraction of sp³-hybridized carbons (Fsp3) is 0.900. The quantitative estimate of drug-likeness (QED) is 0.591. The standard InChI is InChI=1S/C10H22N2O2/c1-4-10(2,8-11)9(13)12-6-5-7-14-3/h4-8,11H2,1-3H3,(H,12,13). The Labute approximate surface area is 86.2 Å². The lowest BCUT2D eigenvalue weighted by Crippen LogP contribution is -2.43. The Morgan fingerprint density at radius 1 is 1.57 bits per heavy atom. The zero-order chi connectivity index (χ0) is 11.0. The van der Waals surface area contributed by atoms with Gasteiger partial charge in [-0.25, -0.2) is 0 Å². The Morgan fingerprint density at radius 2 is 2.21 bits per heavy atom. The van der Waals surface area contributed by atoms with Crippen molar-refractivity contribution < 1.29 is 9.53 Å². The van der Waals surface area contributed by atoms with E-state index >= 15 is 0 Å². The lowest BCUT2D eigenvalue weighted by molar-refractivity contribution is -0.129. The van der Waals surface area contributed by atoms with E-state index in [-0.39, 0.29) is 5.91 Å². The van der Waals surface area contributed by atoms with Gasteiger partial charge in [0.25, 0.3) is 0 Å². The molecule has 14 heavy (non-hydrogen) atoms. The minimum Gasteiger partial charge on any atom is -0.385 e. The number of amides is 1. The summed E-state index contributed by atoms with van der Waals surface area (Å²) in [5, 5.41) is 2.86. The molecule has 0 saturated heterocycles. The third-order valence-corrected chi connectivity index (χ3v) is 2.59. The van der Waals surface area contributed by atoms with E-state index in [1.807, 2.05) is 13.8 Å². The van der Waals surface area contributed by atoms with Gasteiger partial charge in [0, 0.05) is 26.8 Å². The van der Waals surface area contributed by atoms with Gasteiger partial charge in [-0.05, 0) is 19.8 Å². The Kier molecular flexibility index (Phi) is 6.49. The highest BCUT2D eigenvalue weighted by atomic mass is 16.5. The van der Waals surface area contributed by atoms with Crippen molar-refractivity contribution >= 4 is 5.91 Å². The topological polar surface area (TPSA) is 64.4 Å². The maximum Gasteiger partial charge on any atom is 0.227 e. The van der Waals surface area contributed by atoms with Crippen molar-refractivity contribution in [2.24, 2.45) is 11.1 Å². The first-order valence-electron chi connectivity index (χ1n) is 5.08. The first kappa shape index (κ1) is 13.4. The minimum atomic E-state index is -0.424. The largest absolute Gasteiger partial charge is 0.385 e. The maximum atomic E-state index is 11.7. The second-order valence-corrected chi connectivity index (χ2v) is 3.72. The molecule has 84 valence electrons. The number of nitrogens with one attached hydrogen (secondary N) is 1. The van der Waals surface area contributed by atoms with E-state index in [2.05, 4.69) is 5.32 Å². The Bertz CT molecular complexity index is 168. The fourth-order valence-electron chi connectivity index (χ4n) is 1.03. The summed E-state index contributed by atoms with van der Waals surface area (Å²) in [5.41, 5.74) is 5.14. The van der Waals surface area contributed by atoms with Crippen LogP contribution in [-0.4, -0.2) is 32.7 Å². The minimum absolute atomic E-state index is 0.0404. The number of hydrogen-bond donors (Lipinski definition) is 2. The second kappa shape index (κ2) is 6.79. The van der Waals surface area contributed by atoms with E-state index in [1.54, 1.807) is 7.11 Å². The number of nitrogens with two attached hydrogens (primary N) is 1. The van der Waals surface area contributed by atoms with Gasteiger partial charge in [-0.2, -0.15) is 0 Å². The van der Waals surface area contributed by atoms with Crippen molar-refractivity contribution in [3.8, 4) is 0 Å². The van der Waals surface area contributed by atoms with Crippen LogP contribution in [0.1, 0.15) is 26.7 Å². The molecule has 0 aliphatic rings. The first-order chi connectivity index (χ1) is 6.60. The molecule has 0 spiro atoms. The Balaban J connectivity index is 3.82. The molecule has 0 bridgehead atoms. The predicted octanol–water partition coefficient (Wildman–Crippen LogP) is 0.514. The molecule has 0 saturated carbocycles. The lowest BCUT2D eigenvalue weighted by Gasteiger charge is -2.24. The molecule has 0 rings (SSSR count). The average Bonchev–Trinajstić information content (AvgIpc) is 2.22. The van der Waals surface area contributed by atoms with Crippen molar-refractivity contribution in [2.75, 3.05) is 26.8 Å². The fourth-order valence-corrected chi connectivity index (χ4v) is 1.03. The number of carbonyl (C=O) groups is 1. The molecule has 3 N–H and O–H groups in total. The van der Waals surface area contributed by atoms with E-state index < -0.39 is 5.41 Å². The summed E-state index contributed by atoms with van der Waals surface area (Å²) in [6.45, 7) is 5.58. The highest BCUT2D eigenvalue weighted by Gasteiger charge is 2.28. The monoisotopic (exact) mass is 202 g/mol. The molecule has 0 aromatic rings. The van der Waals surface area contributed by atoms with E-state index in [0.717, 1.165) is 12.8 Å². The molecule has 0 aliphatic carbocycles. The van der Waals surface area contributed by atoms with Gasteiger partial charge in [-0.15, -0.1) is 0 Å².